The van der Waals surface area contributed by atoms with E-state index < -0.39 is 0 Å². The van der Waals surface area contributed by atoms with Gasteiger partial charge in [-0.25, -0.2) is 0 Å². The zero-order valence-corrected chi connectivity index (χ0v) is 14.0. The second kappa shape index (κ2) is 6.89. The Morgan fingerprint density at radius 1 is 1.39 bits per heavy atom. The Labute approximate surface area is 141 Å². The van der Waals surface area contributed by atoms with Crippen molar-refractivity contribution < 1.29 is 9.59 Å². The number of carbonyl (C=O) groups excluding carboxylic acids is 2. The normalized spacial score (nSPS) is 28.0. The van der Waals surface area contributed by atoms with Crippen LogP contribution in [-0.2, 0) is 9.59 Å². The van der Waals surface area contributed by atoms with E-state index in [4.69, 9.17) is 11.6 Å². The minimum atomic E-state index is -0.312. The molecule has 124 valence electrons. The van der Waals surface area contributed by atoms with Gasteiger partial charge < -0.3 is 15.5 Å². The van der Waals surface area contributed by atoms with Crippen LogP contribution in [0, 0.1) is 5.92 Å². The Kier molecular flexibility index (Phi) is 4.87. The average molecular weight is 336 g/mol. The van der Waals surface area contributed by atoms with Crippen molar-refractivity contribution in [2.45, 2.75) is 38.3 Å². The summed E-state index contributed by atoms with van der Waals surface area (Å²) in [5.74, 6) is -0.394. The van der Waals surface area contributed by atoms with Crippen molar-refractivity contribution in [1.29, 1.82) is 0 Å². The third-order valence-electron chi connectivity index (χ3n) is 4.73. The standard InChI is InChI=1S/C17H22ClN3O2/c1-11-14(6-4-8-19-11)20-17(23)12-9-16(22)21(10-12)15-7-3-2-5-13(15)18/h2-3,5,7,11-12,14,19H,4,6,8-10H2,1H3,(H,20,23). The van der Waals surface area contributed by atoms with Crippen LogP contribution < -0.4 is 15.5 Å². The fourth-order valence-electron chi connectivity index (χ4n) is 3.33. The van der Waals surface area contributed by atoms with Gasteiger partial charge in [0, 0.05) is 25.0 Å². The van der Waals surface area contributed by atoms with Gasteiger partial charge in [0.15, 0.2) is 0 Å². The summed E-state index contributed by atoms with van der Waals surface area (Å²) in [6, 6.07) is 7.65. The number of halogens is 1. The van der Waals surface area contributed by atoms with Crippen LogP contribution >= 0.6 is 11.6 Å². The molecule has 0 bridgehead atoms. The molecular formula is C17H22ClN3O2. The van der Waals surface area contributed by atoms with Gasteiger partial charge in [-0.1, -0.05) is 23.7 Å². The molecule has 0 radical (unpaired) electrons. The van der Waals surface area contributed by atoms with E-state index in [9.17, 15) is 9.59 Å². The van der Waals surface area contributed by atoms with E-state index in [1.807, 2.05) is 18.2 Å². The average Bonchev–Trinajstić information content (AvgIpc) is 2.92. The van der Waals surface area contributed by atoms with E-state index in [0.29, 0.717) is 17.3 Å². The molecule has 2 aliphatic heterocycles. The summed E-state index contributed by atoms with van der Waals surface area (Å²) < 4.78 is 0. The third-order valence-corrected chi connectivity index (χ3v) is 5.05. The number of para-hydroxylation sites is 1. The minimum absolute atomic E-state index is 0.0338. The molecule has 1 aromatic rings. The SMILES string of the molecule is CC1NCCCC1NC(=O)C1CC(=O)N(c2ccccc2Cl)C1. The van der Waals surface area contributed by atoms with Gasteiger partial charge in [-0.3, -0.25) is 9.59 Å². The highest BCUT2D eigenvalue weighted by molar-refractivity contribution is 6.33. The van der Waals surface area contributed by atoms with Gasteiger partial charge in [0.05, 0.1) is 16.6 Å². The Morgan fingerprint density at radius 3 is 2.91 bits per heavy atom. The van der Waals surface area contributed by atoms with Crippen molar-refractivity contribution in [3.05, 3.63) is 29.3 Å². The van der Waals surface area contributed by atoms with Crippen LogP contribution in [0.5, 0.6) is 0 Å². The van der Waals surface area contributed by atoms with Crippen molar-refractivity contribution in [3.63, 3.8) is 0 Å². The highest BCUT2D eigenvalue weighted by Gasteiger charge is 2.37. The summed E-state index contributed by atoms with van der Waals surface area (Å²) in [7, 11) is 0. The molecule has 0 spiro atoms. The summed E-state index contributed by atoms with van der Waals surface area (Å²) in [6.07, 6.45) is 2.28. The lowest BCUT2D eigenvalue weighted by Crippen LogP contribution is -2.53. The van der Waals surface area contributed by atoms with Gasteiger partial charge in [-0.15, -0.1) is 0 Å². The molecule has 0 aromatic heterocycles. The first kappa shape index (κ1) is 16.3. The summed E-state index contributed by atoms with van der Waals surface area (Å²) in [4.78, 5) is 26.4. The van der Waals surface area contributed by atoms with E-state index in [0.717, 1.165) is 19.4 Å². The van der Waals surface area contributed by atoms with E-state index in [1.165, 1.54) is 0 Å². The number of anilines is 1. The van der Waals surface area contributed by atoms with Crippen LogP contribution in [0.4, 0.5) is 5.69 Å². The molecule has 0 aliphatic carbocycles. The quantitative estimate of drug-likeness (QED) is 0.887. The first-order valence-corrected chi connectivity index (χ1v) is 8.52. The maximum Gasteiger partial charge on any atom is 0.227 e. The highest BCUT2D eigenvalue weighted by Crippen LogP contribution is 2.31. The van der Waals surface area contributed by atoms with E-state index in [-0.39, 0.29) is 36.2 Å². The van der Waals surface area contributed by atoms with Crippen LogP contribution in [0.25, 0.3) is 0 Å². The van der Waals surface area contributed by atoms with Gasteiger partial charge in [0.2, 0.25) is 11.8 Å². The largest absolute Gasteiger partial charge is 0.352 e. The zero-order chi connectivity index (χ0) is 16.4. The van der Waals surface area contributed by atoms with Gasteiger partial charge in [-0.05, 0) is 38.4 Å². The fraction of sp³-hybridized carbons (Fsp3) is 0.529. The van der Waals surface area contributed by atoms with Crippen molar-refractivity contribution >= 4 is 29.1 Å². The molecule has 2 aliphatic rings. The van der Waals surface area contributed by atoms with E-state index >= 15 is 0 Å². The molecule has 2 heterocycles. The summed E-state index contributed by atoms with van der Waals surface area (Å²) in [5.41, 5.74) is 0.683. The summed E-state index contributed by atoms with van der Waals surface area (Å²) in [5, 5.41) is 7.01. The number of rotatable bonds is 3. The Morgan fingerprint density at radius 2 is 2.17 bits per heavy atom. The topological polar surface area (TPSA) is 61.4 Å². The number of piperidine rings is 1. The van der Waals surface area contributed by atoms with Crippen LogP contribution in [0.1, 0.15) is 26.2 Å². The number of hydrogen-bond acceptors (Lipinski definition) is 3. The predicted octanol–water partition coefficient (Wildman–Crippen LogP) is 1.95. The van der Waals surface area contributed by atoms with Crippen LogP contribution in [0.15, 0.2) is 24.3 Å². The maximum absolute atomic E-state index is 12.5. The number of nitrogens with one attached hydrogen (secondary N) is 2. The first-order valence-electron chi connectivity index (χ1n) is 8.15. The van der Waals surface area contributed by atoms with Crippen molar-refractivity contribution in [3.8, 4) is 0 Å². The van der Waals surface area contributed by atoms with Crippen molar-refractivity contribution in [2.24, 2.45) is 5.92 Å². The number of benzene rings is 1. The lowest BCUT2D eigenvalue weighted by molar-refractivity contribution is -0.127. The van der Waals surface area contributed by atoms with Gasteiger partial charge in [0.1, 0.15) is 0 Å². The van der Waals surface area contributed by atoms with Gasteiger partial charge in [0.25, 0.3) is 0 Å². The number of nitrogens with zero attached hydrogens (tertiary/aromatic N) is 1. The predicted molar refractivity (Wildman–Crippen MR) is 90.5 cm³/mol. The molecular weight excluding hydrogens is 314 g/mol. The molecule has 2 N–H and O–H groups in total. The van der Waals surface area contributed by atoms with E-state index in [1.54, 1.807) is 11.0 Å². The number of amides is 2. The molecule has 3 unspecified atom stereocenters. The summed E-state index contributed by atoms with van der Waals surface area (Å²) in [6.45, 7) is 3.47. The lowest BCUT2D eigenvalue weighted by Gasteiger charge is -2.31. The zero-order valence-electron chi connectivity index (χ0n) is 13.2. The van der Waals surface area contributed by atoms with Crippen LogP contribution in [0.2, 0.25) is 5.02 Å². The molecule has 1 aromatic carbocycles. The fourth-order valence-corrected chi connectivity index (χ4v) is 3.57. The minimum Gasteiger partial charge on any atom is -0.352 e. The molecule has 6 heteroatoms. The summed E-state index contributed by atoms with van der Waals surface area (Å²) >= 11 is 6.17. The van der Waals surface area contributed by atoms with Crippen molar-refractivity contribution in [1.82, 2.24) is 10.6 Å². The molecule has 2 saturated heterocycles. The molecule has 3 atom stereocenters. The molecule has 2 fully saturated rings. The van der Waals surface area contributed by atoms with Crippen LogP contribution in [-0.4, -0.2) is 37.0 Å². The molecule has 5 nitrogen and oxygen atoms in total. The van der Waals surface area contributed by atoms with E-state index in [2.05, 4.69) is 17.6 Å². The smallest absolute Gasteiger partial charge is 0.227 e. The monoisotopic (exact) mass is 335 g/mol. The van der Waals surface area contributed by atoms with Gasteiger partial charge >= 0.3 is 0 Å². The van der Waals surface area contributed by atoms with Crippen molar-refractivity contribution in [2.75, 3.05) is 18.0 Å². The highest BCUT2D eigenvalue weighted by atomic mass is 35.5. The van der Waals surface area contributed by atoms with Gasteiger partial charge in [-0.2, -0.15) is 0 Å². The molecule has 2 amide bonds. The second-order valence-corrected chi connectivity index (χ2v) is 6.76. The molecule has 3 rings (SSSR count). The number of carbonyl (C=O) groups is 2. The Bertz CT molecular complexity index is 607. The molecule has 23 heavy (non-hydrogen) atoms. The van der Waals surface area contributed by atoms with Crippen LogP contribution in [0.3, 0.4) is 0 Å². The third kappa shape index (κ3) is 3.51. The lowest BCUT2D eigenvalue weighted by atomic mass is 9.98. The Balaban J connectivity index is 1.65. The maximum atomic E-state index is 12.5. The Hall–Kier alpha value is -1.59. The molecule has 0 saturated carbocycles. The first-order chi connectivity index (χ1) is 11.1. The number of hydrogen-bond donors (Lipinski definition) is 2. The second-order valence-electron chi connectivity index (χ2n) is 6.36.